The van der Waals surface area contributed by atoms with Crippen LogP contribution >= 0.6 is 0 Å². The van der Waals surface area contributed by atoms with Crippen molar-refractivity contribution in [1.29, 1.82) is 0 Å². The van der Waals surface area contributed by atoms with Gasteiger partial charge in [-0.15, -0.1) is 0 Å². The molecule has 1 aromatic carbocycles. The molecule has 0 aromatic heterocycles. The topological polar surface area (TPSA) is 41.6 Å². The van der Waals surface area contributed by atoms with E-state index in [4.69, 9.17) is 4.74 Å². The number of nitrogens with one attached hydrogen (secondary N) is 1. The SMILES string of the molecule is COc1ccc(C(=O)N2C[C@@H]3CCN[C@@H]3C2)cc1. The molecule has 0 spiro atoms. The van der Waals surface area contributed by atoms with Gasteiger partial charge in [0.05, 0.1) is 7.11 Å². The Morgan fingerprint density at radius 3 is 2.78 bits per heavy atom. The first-order valence-electron chi connectivity index (χ1n) is 6.44. The zero-order chi connectivity index (χ0) is 12.5. The van der Waals surface area contributed by atoms with Crippen molar-refractivity contribution in [2.45, 2.75) is 12.5 Å². The maximum Gasteiger partial charge on any atom is 0.253 e. The summed E-state index contributed by atoms with van der Waals surface area (Å²) < 4.78 is 5.10. The van der Waals surface area contributed by atoms with Crippen LogP contribution in [0.25, 0.3) is 0 Å². The molecule has 1 aromatic rings. The summed E-state index contributed by atoms with van der Waals surface area (Å²) >= 11 is 0. The molecule has 4 heteroatoms. The Hall–Kier alpha value is -1.55. The third kappa shape index (κ3) is 1.97. The Morgan fingerprint density at radius 1 is 1.33 bits per heavy atom. The lowest BCUT2D eigenvalue weighted by atomic mass is 10.1. The van der Waals surface area contributed by atoms with Gasteiger partial charge in [-0.3, -0.25) is 4.79 Å². The molecule has 1 amide bonds. The number of amides is 1. The van der Waals surface area contributed by atoms with Gasteiger partial charge >= 0.3 is 0 Å². The quantitative estimate of drug-likeness (QED) is 0.850. The Morgan fingerprint density at radius 2 is 2.11 bits per heavy atom. The highest BCUT2D eigenvalue weighted by Crippen LogP contribution is 2.26. The van der Waals surface area contributed by atoms with E-state index in [2.05, 4.69) is 5.32 Å². The summed E-state index contributed by atoms with van der Waals surface area (Å²) in [7, 11) is 1.63. The summed E-state index contributed by atoms with van der Waals surface area (Å²) in [5, 5.41) is 3.46. The minimum atomic E-state index is 0.133. The van der Waals surface area contributed by atoms with Crippen LogP contribution in [0, 0.1) is 5.92 Å². The van der Waals surface area contributed by atoms with E-state index >= 15 is 0 Å². The van der Waals surface area contributed by atoms with Crippen molar-refractivity contribution < 1.29 is 9.53 Å². The molecule has 2 aliphatic heterocycles. The molecule has 4 nitrogen and oxygen atoms in total. The number of hydrogen-bond donors (Lipinski definition) is 1. The number of benzene rings is 1. The molecule has 0 aliphatic carbocycles. The molecular formula is C14H18N2O2. The van der Waals surface area contributed by atoms with Crippen molar-refractivity contribution in [2.24, 2.45) is 5.92 Å². The molecule has 96 valence electrons. The number of carbonyl (C=O) groups is 1. The number of methoxy groups -OCH3 is 1. The van der Waals surface area contributed by atoms with E-state index in [0.29, 0.717) is 12.0 Å². The third-order valence-corrected chi connectivity index (χ3v) is 3.99. The average molecular weight is 246 g/mol. The highest BCUT2D eigenvalue weighted by atomic mass is 16.5. The van der Waals surface area contributed by atoms with Crippen molar-refractivity contribution in [3.05, 3.63) is 29.8 Å². The molecule has 2 fully saturated rings. The van der Waals surface area contributed by atoms with Gasteiger partial charge in [0.2, 0.25) is 0 Å². The Bertz CT molecular complexity index is 432. The second kappa shape index (κ2) is 4.61. The zero-order valence-electron chi connectivity index (χ0n) is 10.6. The molecule has 0 saturated carbocycles. The molecule has 1 N–H and O–H groups in total. The van der Waals surface area contributed by atoms with Gasteiger partial charge in [-0.1, -0.05) is 0 Å². The van der Waals surface area contributed by atoms with Crippen molar-refractivity contribution in [1.82, 2.24) is 10.2 Å². The fourth-order valence-corrected chi connectivity index (χ4v) is 2.93. The number of ether oxygens (including phenoxy) is 1. The second-order valence-corrected chi connectivity index (χ2v) is 5.05. The van der Waals surface area contributed by atoms with E-state index in [0.717, 1.165) is 30.9 Å². The summed E-state index contributed by atoms with van der Waals surface area (Å²) in [4.78, 5) is 14.3. The molecule has 0 unspecified atom stereocenters. The monoisotopic (exact) mass is 246 g/mol. The maximum atomic E-state index is 12.3. The summed E-state index contributed by atoms with van der Waals surface area (Å²) in [6.07, 6.45) is 1.19. The Balaban J connectivity index is 1.70. The first-order chi connectivity index (χ1) is 8.78. The van der Waals surface area contributed by atoms with Crippen LogP contribution in [0.5, 0.6) is 5.75 Å². The van der Waals surface area contributed by atoms with Crippen LogP contribution in [0.2, 0.25) is 0 Å². The predicted octanol–water partition coefficient (Wildman–Crippen LogP) is 1.13. The number of nitrogens with zero attached hydrogens (tertiary/aromatic N) is 1. The van der Waals surface area contributed by atoms with Crippen LogP contribution in [-0.2, 0) is 0 Å². The molecule has 2 atom stereocenters. The number of carbonyl (C=O) groups excluding carboxylic acids is 1. The van der Waals surface area contributed by atoms with Gasteiger partial charge in [-0.2, -0.15) is 0 Å². The van der Waals surface area contributed by atoms with Crippen LogP contribution in [0.1, 0.15) is 16.8 Å². The summed E-state index contributed by atoms with van der Waals surface area (Å²) in [6, 6.07) is 7.85. The third-order valence-electron chi connectivity index (χ3n) is 3.99. The van der Waals surface area contributed by atoms with Crippen molar-refractivity contribution in [3.63, 3.8) is 0 Å². The summed E-state index contributed by atoms with van der Waals surface area (Å²) in [6.45, 7) is 2.83. The molecule has 2 aliphatic rings. The van der Waals surface area contributed by atoms with E-state index in [1.54, 1.807) is 7.11 Å². The normalized spacial score (nSPS) is 26.2. The minimum absolute atomic E-state index is 0.133. The van der Waals surface area contributed by atoms with Crippen molar-refractivity contribution in [3.8, 4) is 5.75 Å². The molecule has 0 radical (unpaired) electrons. The lowest BCUT2D eigenvalue weighted by Gasteiger charge is -2.17. The highest BCUT2D eigenvalue weighted by Gasteiger charge is 2.37. The number of hydrogen-bond acceptors (Lipinski definition) is 3. The van der Waals surface area contributed by atoms with Gasteiger partial charge in [0.25, 0.3) is 5.91 Å². The molecule has 3 rings (SSSR count). The van der Waals surface area contributed by atoms with Crippen LogP contribution in [-0.4, -0.2) is 43.6 Å². The van der Waals surface area contributed by atoms with Crippen LogP contribution < -0.4 is 10.1 Å². The molecule has 18 heavy (non-hydrogen) atoms. The number of rotatable bonds is 2. The fourth-order valence-electron chi connectivity index (χ4n) is 2.93. The summed E-state index contributed by atoms with van der Waals surface area (Å²) in [5.41, 5.74) is 0.746. The van der Waals surface area contributed by atoms with Crippen LogP contribution in [0.3, 0.4) is 0 Å². The highest BCUT2D eigenvalue weighted by molar-refractivity contribution is 5.94. The standard InChI is InChI=1S/C14H18N2O2/c1-18-12-4-2-10(3-5-12)14(17)16-8-11-6-7-15-13(11)9-16/h2-5,11,13,15H,6-9H2,1H3/t11-,13+/m0/s1. The largest absolute Gasteiger partial charge is 0.497 e. The van der Waals surface area contributed by atoms with E-state index in [1.807, 2.05) is 29.2 Å². The predicted molar refractivity (Wildman–Crippen MR) is 68.8 cm³/mol. The van der Waals surface area contributed by atoms with Gasteiger partial charge in [-0.05, 0) is 43.1 Å². The van der Waals surface area contributed by atoms with Gasteiger partial charge in [-0.25, -0.2) is 0 Å². The van der Waals surface area contributed by atoms with E-state index in [9.17, 15) is 4.79 Å². The lowest BCUT2D eigenvalue weighted by molar-refractivity contribution is 0.0782. The summed E-state index contributed by atoms with van der Waals surface area (Å²) in [5.74, 6) is 1.56. The first-order valence-corrected chi connectivity index (χ1v) is 6.44. The zero-order valence-corrected chi connectivity index (χ0v) is 10.6. The number of likely N-dealkylation sites (tertiary alicyclic amines) is 1. The average Bonchev–Trinajstić information content (AvgIpc) is 2.99. The fraction of sp³-hybridized carbons (Fsp3) is 0.500. The van der Waals surface area contributed by atoms with Crippen molar-refractivity contribution >= 4 is 5.91 Å². The molecule has 2 saturated heterocycles. The second-order valence-electron chi connectivity index (χ2n) is 5.05. The maximum absolute atomic E-state index is 12.3. The first kappa shape index (κ1) is 11.5. The number of fused-ring (bicyclic) bond motifs is 1. The van der Waals surface area contributed by atoms with E-state index in [-0.39, 0.29) is 5.91 Å². The van der Waals surface area contributed by atoms with Crippen LogP contribution in [0.15, 0.2) is 24.3 Å². The van der Waals surface area contributed by atoms with Crippen molar-refractivity contribution in [2.75, 3.05) is 26.7 Å². The van der Waals surface area contributed by atoms with Crippen LogP contribution in [0.4, 0.5) is 0 Å². The lowest BCUT2D eigenvalue weighted by Crippen LogP contribution is -2.33. The van der Waals surface area contributed by atoms with Gasteiger partial charge in [0.1, 0.15) is 5.75 Å². The Labute approximate surface area is 107 Å². The molecule has 0 bridgehead atoms. The van der Waals surface area contributed by atoms with E-state index in [1.165, 1.54) is 6.42 Å². The Kier molecular flexibility index (Phi) is 2.96. The van der Waals surface area contributed by atoms with Gasteiger partial charge < -0.3 is 15.0 Å². The van der Waals surface area contributed by atoms with E-state index < -0.39 is 0 Å². The minimum Gasteiger partial charge on any atom is -0.497 e. The molecular weight excluding hydrogens is 228 g/mol. The smallest absolute Gasteiger partial charge is 0.253 e. The molecule has 2 heterocycles. The van der Waals surface area contributed by atoms with Gasteiger partial charge in [0.15, 0.2) is 0 Å². The van der Waals surface area contributed by atoms with Gasteiger partial charge in [0, 0.05) is 24.7 Å².